The molecule has 0 radical (unpaired) electrons. The Hall–Kier alpha value is -3.81. The summed E-state index contributed by atoms with van der Waals surface area (Å²) in [5.41, 5.74) is -0.0495. The predicted molar refractivity (Wildman–Crippen MR) is 116 cm³/mol. The van der Waals surface area contributed by atoms with Gasteiger partial charge in [-0.2, -0.15) is 10.4 Å². The predicted octanol–water partition coefficient (Wildman–Crippen LogP) is 2.31. The van der Waals surface area contributed by atoms with Crippen molar-refractivity contribution in [1.29, 1.82) is 5.26 Å². The largest absolute Gasteiger partial charge is 0.336 e. The number of anilines is 1. The zero-order valence-electron chi connectivity index (χ0n) is 18.3. The summed E-state index contributed by atoms with van der Waals surface area (Å²) in [6.07, 6.45) is -0.621. The highest BCUT2D eigenvalue weighted by Gasteiger charge is 2.51. The molecular weight excluding hydrogens is 446 g/mol. The van der Waals surface area contributed by atoms with Gasteiger partial charge in [0.05, 0.1) is 41.6 Å². The monoisotopic (exact) mass is 468 g/mol. The number of benzene rings is 1. The summed E-state index contributed by atoms with van der Waals surface area (Å²) in [6, 6.07) is 8.01. The number of aromatic nitrogens is 2. The van der Waals surface area contributed by atoms with Gasteiger partial charge in [-0.15, -0.1) is 0 Å². The summed E-state index contributed by atoms with van der Waals surface area (Å²) in [6.45, 7) is 2.01. The van der Waals surface area contributed by atoms with Crippen molar-refractivity contribution in [3.63, 3.8) is 0 Å². The van der Waals surface area contributed by atoms with Crippen LogP contribution in [0.5, 0.6) is 0 Å². The number of carbonyl (C=O) groups excluding carboxylic acids is 3. The molecule has 2 fully saturated rings. The van der Waals surface area contributed by atoms with Crippen molar-refractivity contribution in [2.45, 2.75) is 44.1 Å². The highest BCUT2D eigenvalue weighted by atomic mass is 19.1. The molecule has 2 aliphatic carbocycles. The SMILES string of the molecule is C[C@H]1CN(CNC(=O)C2(F)CC2)C(=O)c2cc(-c3ccc(C#N)cc3NC(=O)[C@H]3C[C@H]3F)nn21. The summed E-state index contributed by atoms with van der Waals surface area (Å²) in [7, 11) is 0. The lowest BCUT2D eigenvalue weighted by Gasteiger charge is -2.31. The van der Waals surface area contributed by atoms with Crippen molar-refractivity contribution in [3.05, 3.63) is 35.5 Å². The molecule has 5 rings (SSSR count). The van der Waals surface area contributed by atoms with Gasteiger partial charge in [0.2, 0.25) is 5.91 Å². The molecule has 3 aliphatic rings. The Morgan fingerprint density at radius 2 is 2.06 bits per heavy atom. The third-order valence-corrected chi connectivity index (χ3v) is 6.40. The van der Waals surface area contributed by atoms with Crippen LogP contribution in [0.25, 0.3) is 11.3 Å². The fourth-order valence-corrected chi connectivity index (χ4v) is 4.06. The van der Waals surface area contributed by atoms with E-state index in [0.29, 0.717) is 22.5 Å². The molecule has 0 saturated heterocycles. The lowest BCUT2D eigenvalue weighted by molar-refractivity contribution is -0.128. The molecule has 2 heterocycles. The molecule has 0 spiro atoms. The number of hydrogen-bond donors (Lipinski definition) is 2. The molecule has 11 heteroatoms. The van der Waals surface area contributed by atoms with Crippen molar-refractivity contribution in [3.8, 4) is 17.3 Å². The average molecular weight is 468 g/mol. The Balaban J connectivity index is 1.40. The van der Waals surface area contributed by atoms with Gasteiger partial charge in [0.1, 0.15) is 11.9 Å². The maximum Gasteiger partial charge on any atom is 0.273 e. The minimum absolute atomic E-state index is 0.113. The quantitative estimate of drug-likeness (QED) is 0.674. The second kappa shape index (κ2) is 7.90. The molecule has 1 aromatic heterocycles. The number of amides is 3. The van der Waals surface area contributed by atoms with E-state index in [-0.39, 0.29) is 50.1 Å². The van der Waals surface area contributed by atoms with Crippen molar-refractivity contribution >= 4 is 23.4 Å². The Bertz CT molecular complexity index is 1250. The number of nitrogens with one attached hydrogen (secondary N) is 2. The van der Waals surface area contributed by atoms with Crippen LogP contribution < -0.4 is 10.6 Å². The number of carbonyl (C=O) groups is 3. The maximum absolute atomic E-state index is 13.9. The van der Waals surface area contributed by atoms with E-state index in [1.807, 2.05) is 13.0 Å². The van der Waals surface area contributed by atoms with Crippen LogP contribution in [-0.4, -0.2) is 57.5 Å². The summed E-state index contributed by atoms with van der Waals surface area (Å²) in [5.74, 6) is -2.27. The highest BCUT2D eigenvalue weighted by molar-refractivity contribution is 5.99. The van der Waals surface area contributed by atoms with Crippen LogP contribution >= 0.6 is 0 Å². The molecule has 2 N–H and O–H groups in total. The first-order chi connectivity index (χ1) is 16.2. The molecular formula is C23H22F2N6O3. The third kappa shape index (κ3) is 3.89. The van der Waals surface area contributed by atoms with Crippen molar-refractivity contribution in [1.82, 2.24) is 20.0 Å². The van der Waals surface area contributed by atoms with Crippen LogP contribution in [-0.2, 0) is 9.59 Å². The third-order valence-electron chi connectivity index (χ3n) is 6.40. The minimum Gasteiger partial charge on any atom is -0.336 e. The molecule has 3 atom stereocenters. The fraction of sp³-hybridized carbons (Fsp3) is 0.435. The van der Waals surface area contributed by atoms with Gasteiger partial charge in [-0.25, -0.2) is 8.78 Å². The highest BCUT2D eigenvalue weighted by Crippen LogP contribution is 2.40. The van der Waals surface area contributed by atoms with Gasteiger partial charge in [0, 0.05) is 12.1 Å². The molecule has 1 aromatic carbocycles. The first kappa shape index (κ1) is 22.0. The van der Waals surface area contributed by atoms with Crippen LogP contribution in [0.1, 0.15) is 48.3 Å². The number of rotatable bonds is 6. The van der Waals surface area contributed by atoms with Crippen LogP contribution in [0.4, 0.5) is 14.5 Å². The van der Waals surface area contributed by atoms with Gasteiger partial charge in [0.25, 0.3) is 11.8 Å². The second-order valence-electron chi connectivity index (χ2n) is 9.08. The molecule has 2 aromatic rings. The van der Waals surface area contributed by atoms with Gasteiger partial charge < -0.3 is 15.5 Å². The zero-order valence-corrected chi connectivity index (χ0v) is 18.3. The van der Waals surface area contributed by atoms with E-state index in [1.165, 1.54) is 11.0 Å². The van der Waals surface area contributed by atoms with Crippen LogP contribution in [0.3, 0.4) is 0 Å². The van der Waals surface area contributed by atoms with Gasteiger partial charge in [0.15, 0.2) is 5.67 Å². The van der Waals surface area contributed by atoms with Crippen molar-refractivity contribution in [2.24, 2.45) is 5.92 Å². The number of halogens is 2. The maximum atomic E-state index is 13.9. The van der Waals surface area contributed by atoms with E-state index >= 15 is 0 Å². The second-order valence-corrected chi connectivity index (χ2v) is 9.08. The van der Waals surface area contributed by atoms with E-state index in [2.05, 4.69) is 15.7 Å². The number of nitriles is 1. The van der Waals surface area contributed by atoms with Crippen LogP contribution in [0, 0.1) is 17.2 Å². The van der Waals surface area contributed by atoms with Crippen molar-refractivity contribution < 1.29 is 23.2 Å². The zero-order chi connectivity index (χ0) is 24.2. The van der Waals surface area contributed by atoms with Gasteiger partial charge in [-0.05, 0) is 50.5 Å². The summed E-state index contributed by atoms with van der Waals surface area (Å²) in [4.78, 5) is 38.7. The van der Waals surface area contributed by atoms with E-state index in [1.54, 1.807) is 22.9 Å². The number of nitrogens with zero attached hydrogens (tertiary/aromatic N) is 4. The van der Waals surface area contributed by atoms with E-state index in [0.717, 1.165) is 0 Å². The fourth-order valence-electron chi connectivity index (χ4n) is 4.06. The number of alkyl halides is 2. The Morgan fingerprint density at radius 3 is 2.71 bits per heavy atom. The number of hydrogen-bond acceptors (Lipinski definition) is 5. The first-order valence-electron chi connectivity index (χ1n) is 11.1. The molecule has 34 heavy (non-hydrogen) atoms. The van der Waals surface area contributed by atoms with Gasteiger partial charge in [-0.1, -0.05) is 0 Å². The van der Waals surface area contributed by atoms with Crippen LogP contribution in [0.2, 0.25) is 0 Å². The molecule has 176 valence electrons. The standard InChI is InChI=1S/C23H22F2N6O3/c1-12-10-30(11-27-22(34)23(25)4-5-23)21(33)19-8-18(29-31(12)19)14-3-2-13(9-26)6-17(14)28-20(32)15-7-16(15)24/h2-3,6,8,12,15-16H,4-5,7,10-11H2,1H3,(H,27,34)(H,28,32)/t12-,15-,16+/m0/s1. The van der Waals surface area contributed by atoms with E-state index in [4.69, 9.17) is 0 Å². The molecule has 0 unspecified atom stereocenters. The Morgan fingerprint density at radius 1 is 1.32 bits per heavy atom. The van der Waals surface area contributed by atoms with Crippen LogP contribution in [0.15, 0.2) is 24.3 Å². The lowest BCUT2D eigenvalue weighted by Crippen LogP contribution is -2.49. The smallest absolute Gasteiger partial charge is 0.273 e. The van der Waals surface area contributed by atoms with Crippen molar-refractivity contribution in [2.75, 3.05) is 18.5 Å². The average Bonchev–Trinajstić information content (AvgIpc) is 3.70. The van der Waals surface area contributed by atoms with E-state index < -0.39 is 29.6 Å². The molecule has 0 bridgehead atoms. The van der Waals surface area contributed by atoms with Gasteiger partial charge >= 0.3 is 0 Å². The summed E-state index contributed by atoms with van der Waals surface area (Å²) < 4.78 is 28.8. The molecule has 3 amide bonds. The molecule has 2 saturated carbocycles. The lowest BCUT2D eigenvalue weighted by atomic mass is 10.1. The Labute approximate surface area is 193 Å². The minimum atomic E-state index is -1.82. The van der Waals surface area contributed by atoms with E-state index in [9.17, 15) is 28.4 Å². The normalized spacial score (nSPS) is 24.1. The summed E-state index contributed by atoms with van der Waals surface area (Å²) >= 11 is 0. The Kier molecular flexibility index (Phi) is 5.11. The topological polar surface area (TPSA) is 120 Å². The van der Waals surface area contributed by atoms with Gasteiger partial charge in [-0.3, -0.25) is 19.1 Å². The summed E-state index contributed by atoms with van der Waals surface area (Å²) in [5, 5.41) is 19.0. The number of fused-ring (bicyclic) bond motifs is 1. The first-order valence-corrected chi connectivity index (χ1v) is 11.1. The molecule has 1 aliphatic heterocycles. The molecule has 9 nitrogen and oxygen atoms in total.